The number of nitriles is 1. The molecule has 1 atom stereocenters. The fraction of sp³-hybridized carbons (Fsp3) is 0.143. The van der Waals surface area contributed by atoms with Crippen LogP contribution in [0.1, 0.15) is 22.7 Å². The summed E-state index contributed by atoms with van der Waals surface area (Å²) in [5, 5.41) is 14.7. The second kappa shape index (κ2) is 7.15. The topological polar surface area (TPSA) is 93.4 Å². The van der Waals surface area contributed by atoms with Gasteiger partial charge in [-0.05, 0) is 48.2 Å². The molecule has 0 radical (unpaired) electrons. The molecule has 1 unspecified atom stereocenters. The lowest BCUT2D eigenvalue weighted by atomic mass is 10.1. The highest BCUT2D eigenvalue weighted by Gasteiger charge is 2.28. The zero-order chi connectivity index (χ0) is 19.3. The minimum absolute atomic E-state index is 0. The lowest BCUT2D eigenvalue weighted by Gasteiger charge is -2.15. The first kappa shape index (κ1) is 18.8. The summed E-state index contributed by atoms with van der Waals surface area (Å²) in [4.78, 5) is 8.41. The Morgan fingerprint density at radius 3 is 2.86 bits per heavy atom. The molecule has 2 aromatic carbocycles. The van der Waals surface area contributed by atoms with E-state index < -0.39 is 5.82 Å². The van der Waals surface area contributed by atoms with Crippen LogP contribution in [0.15, 0.2) is 48.9 Å². The molecule has 0 spiro atoms. The molecule has 0 bridgehead atoms. The Morgan fingerprint density at radius 2 is 2.07 bits per heavy atom. The van der Waals surface area contributed by atoms with E-state index in [-0.39, 0.29) is 24.0 Å². The van der Waals surface area contributed by atoms with Crippen molar-refractivity contribution in [2.45, 2.75) is 18.9 Å². The highest BCUT2D eigenvalue weighted by Crippen LogP contribution is 2.38. The van der Waals surface area contributed by atoms with Gasteiger partial charge in [0.05, 0.1) is 22.7 Å². The lowest BCUT2D eigenvalue weighted by molar-refractivity contribution is 0.484. The molecule has 2 N–H and O–H groups in total. The Bertz CT molecular complexity index is 1280. The fourth-order valence-electron chi connectivity index (χ4n) is 3.98. The van der Waals surface area contributed by atoms with Crippen LogP contribution in [0, 0.1) is 17.1 Å². The van der Waals surface area contributed by atoms with Crippen LogP contribution in [0.25, 0.3) is 22.3 Å². The molecule has 5 rings (SSSR count). The van der Waals surface area contributed by atoms with Crippen molar-refractivity contribution in [3.05, 3.63) is 71.4 Å². The number of nitrogens with zero attached hydrogens (tertiary/aromatic N) is 5. The summed E-state index contributed by atoms with van der Waals surface area (Å²) in [6, 6.07) is 12.4. The first-order chi connectivity index (χ1) is 13.7. The van der Waals surface area contributed by atoms with E-state index in [0.717, 1.165) is 35.2 Å². The van der Waals surface area contributed by atoms with Crippen LogP contribution in [-0.2, 0) is 12.8 Å². The highest BCUT2D eigenvalue weighted by molar-refractivity contribution is 5.91. The van der Waals surface area contributed by atoms with Crippen molar-refractivity contribution in [1.82, 2.24) is 19.7 Å². The molecule has 144 valence electrons. The van der Waals surface area contributed by atoms with Crippen LogP contribution in [0.4, 0.5) is 10.1 Å². The monoisotopic (exact) mass is 406 g/mol. The molecule has 0 saturated heterocycles. The van der Waals surface area contributed by atoms with E-state index in [4.69, 9.17) is 10.8 Å². The molecule has 0 fully saturated rings. The lowest BCUT2D eigenvalue weighted by Crippen LogP contribution is -2.12. The van der Waals surface area contributed by atoms with Crippen molar-refractivity contribution in [2.24, 2.45) is 0 Å². The van der Waals surface area contributed by atoms with Gasteiger partial charge >= 0.3 is 0 Å². The molecule has 1 aliphatic rings. The first-order valence-electron chi connectivity index (χ1n) is 8.90. The third-order valence-corrected chi connectivity index (χ3v) is 5.29. The van der Waals surface area contributed by atoms with Gasteiger partial charge in [-0.25, -0.2) is 14.4 Å². The number of fused-ring (bicyclic) bond motifs is 2. The molecule has 0 aliphatic heterocycles. The Morgan fingerprint density at radius 1 is 1.21 bits per heavy atom. The van der Waals surface area contributed by atoms with Crippen molar-refractivity contribution in [2.75, 3.05) is 5.73 Å². The van der Waals surface area contributed by atoms with Crippen LogP contribution in [0.5, 0.6) is 0 Å². The molecule has 8 heteroatoms. The van der Waals surface area contributed by atoms with E-state index >= 15 is 0 Å². The van der Waals surface area contributed by atoms with E-state index in [9.17, 15) is 9.65 Å². The standard InChI is InChI=1S/C21H15FN6.ClH/c22-18-5-4-13(6-14(18)9-23)20-17-10-25-11-26-21(17)27-28(20)15-7-12-2-1-3-19(24)16(12)8-15;/h1-6,10-11,15H,7-8,24H2;1H. The smallest absolute Gasteiger partial charge is 0.184 e. The average molecular weight is 407 g/mol. The summed E-state index contributed by atoms with van der Waals surface area (Å²) < 4.78 is 15.8. The van der Waals surface area contributed by atoms with Gasteiger partial charge in [0.25, 0.3) is 0 Å². The number of rotatable bonds is 2. The molecule has 0 saturated carbocycles. The van der Waals surface area contributed by atoms with Crippen LogP contribution >= 0.6 is 12.4 Å². The highest BCUT2D eigenvalue weighted by atomic mass is 35.5. The van der Waals surface area contributed by atoms with Gasteiger partial charge in [0.2, 0.25) is 0 Å². The van der Waals surface area contributed by atoms with Gasteiger partial charge < -0.3 is 5.73 Å². The fourth-order valence-corrected chi connectivity index (χ4v) is 3.98. The summed E-state index contributed by atoms with van der Waals surface area (Å²) in [5.74, 6) is -0.543. The van der Waals surface area contributed by atoms with E-state index in [1.807, 2.05) is 22.9 Å². The number of benzene rings is 2. The molecule has 1 aliphatic carbocycles. The normalized spacial score (nSPS) is 15.0. The molecule has 0 amide bonds. The van der Waals surface area contributed by atoms with Crippen LogP contribution in [-0.4, -0.2) is 19.7 Å². The minimum Gasteiger partial charge on any atom is -0.398 e. The first-order valence-corrected chi connectivity index (χ1v) is 8.90. The van der Waals surface area contributed by atoms with Gasteiger partial charge in [0.15, 0.2) is 5.65 Å². The van der Waals surface area contributed by atoms with Crippen molar-refractivity contribution < 1.29 is 4.39 Å². The second-order valence-electron chi connectivity index (χ2n) is 6.91. The third-order valence-electron chi connectivity index (χ3n) is 5.29. The number of nitrogens with two attached hydrogens (primary N) is 1. The molecular formula is C21H16ClFN6. The summed E-state index contributed by atoms with van der Waals surface area (Å²) in [6.07, 6.45) is 4.70. The maximum atomic E-state index is 13.9. The van der Waals surface area contributed by atoms with Crippen molar-refractivity contribution in [3.63, 3.8) is 0 Å². The van der Waals surface area contributed by atoms with E-state index in [1.165, 1.54) is 18.0 Å². The van der Waals surface area contributed by atoms with Crippen LogP contribution in [0.3, 0.4) is 0 Å². The molecule has 2 aromatic heterocycles. The molecule has 29 heavy (non-hydrogen) atoms. The molecule has 4 aromatic rings. The van der Waals surface area contributed by atoms with Crippen molar-refractivity contribution >= 4 is 29.1 Å². The number of hydrogen-bond acceptors (Lipinski definition) is 5. The molecular weight excluding hydrogens is 391 g/mol. The van der Waals surface area contributed by atoms with Crippen LogP contribution < -0.4 is 5.73 Å². The molecule has 6 nitrogen and oxygen atoms in total. The van der Waals surface area contributed by atoms with Gasteiger partial charge in [-0.2, -0.15) is 10.4 Å². The Hall–Kier alpha value is -3.50. The summed E-state index contributed by atoms with van der Waals surface area (Å²) in [6.45, 7) is 0. The van der Waals surface area contributed by atoms with Crippen molar-refractivity contribution in [1.29, 1.82) is 5.26 Å². The second-order valence-corrected chi connectivity index (χ2v) is 6.91. The third kappa shape index (κ3) is 2.98. The van der Waals surface area contributed by atoms with Crippen molar-refractivity contribution in [3.8, 4) is 17.3 Å². The zero-order valence-corrected chi connectivity index (χ0v) is 16.0. The summed E-state index contributed by atoms with van der Waals surface area (Å²) in [5.41, 5.74) is 11.3. The Kier molecular flexibility index (Phi) is 4.65. The van der Waals surface area contributed by atoms with E-state index in [2.05, 4.69) is 16.0 Å². The summed E-state index contributed by atoms with van der Waals surface area (Å²) >= 11 is 0. The van der Waals surface area contributed by atoms with Gasteiger partial charge in [-0.15, -0.1) is 12.4 Å². The molecule has 2 heterocycles. The Balaban J connectivity index is 0.00000205. The largest absolute Gasteiger partial charge is 0.398 e. The predicted octanol–water partition coefficient (Wildman–Crippen LogP) is 3.85. The summed E-state index contributed by atoms with van der Waals surface area (Å²) in [7, 11) is 0. The Labute approximate surface area is 172 Å². The van der Waals surface area contributed by atoms with Gasteiger partial charge in [0.1, 0.15) is 18.2 Å². The van der Waals surface area contributed by atoms with E-state index in [1.54, 1.807) is 18.3 Å². The minimum atomic E-state index is -0.543. The van der Waals surface area contributed by atoms with Gasteiger partial charge in [0, 0.05) is 17.4 Å². The van der Waals surface area contributed by atoms with Crippen LogP contribution in [0.2, 0.25) is 0 Å². The van der Waals surface area contributed by atoms with Gasteiger partial charge in [-0.1, -0.05) is 12.1 Å². The predicted molar refractivity (Wildman–Crippen MR) is 110 cm³/mol. The zero-order valence-electron chi connectivity index (χ0n) is 15.2. The SMILES string of the molecule is Cl.N#Cc1cc(-c2c3cncnc3nn2C2Cc3cccc(N)c3C2)ccc1F. The maximum absolute atomic E-state index is 13.9. The maximum Gasteiger partial charge on any atom is 0.184 e. The quantitative estimate of drug-likeness (QED) is 0.510. The average Bonchev–Trinajstić information content (AvgIpc) is 3.31. The number of hydrogen-bond donors (Lipinski definition) is 1. The number of nitrogen functional groups attached to an aromatic ring is 1. The van der Waals surface area contributed by atoms with Gasteiger partial charge in [-0.3, -0.25) is 4.68 Å². The van der Waals surface area contributed by atoms with E-state index in [0.29, 0.717) is 11.2 Å². The number of halogens is 2. The number of anilines is 1. The number of aromatic nitrogens is 4.